The first kappa shape index (κ1) is 14.3. The molecule has 0 unspecified atom stereocenters. The Kier molecular flexibility index (Phi) is 4.90. The van der Waals surface area contributed by atoms with Gasteiger partial charge < -0.3 is 15.2 Å². The van der Waals surface area contributed by atoms with Crippen LogP contribution in [0, 0.1) is 6.92 Å². The molecule has 1 aromatic carbocycles. The van der Waals surface area contributed by atoms with E-state index in [-0.39, 0.29) is 5.91 Å². The van der Waals surface area contributed by atoms with Gasteiger partial charge in [0.05, 0.1) is 17.6 Å². The normalized spacial score (nSPS) is 10.7. The maximum atomic E-state index is 11.6. The van der Waals surface area contributed by atoms with Crippen molar-refractivity contribution in [3.05, 3.63) is 42.7 Å². The number of carbonyl (C=O) groups is 1. The molecule has 0 saturated heterocycles. The third kappa shape index (κ3) is 3.45. The Morgan fingerprint density at radius 3 is 3.05 bits per heavy atom. The molecule has 0 spiro atoms. The first-order valence-corrected chi connectivity index (χ1v) is 6.72. The molecular weight excluding hydrogens is 252 g/mol. The first-order valence-electron chi connectivity index (χ1n) is 6.72. The summed E-state index contributed by atoms with van der Waals surface area (Å²) < 4.78 is 2.12. The molecule has 1 aromatic heterocycles. The molecule has 0 bridgehead atoms. The van der Waals surface area contributed by atoms with Crippen molar-refractivity contribution in [3.63, 3.8) is 0 Å². The predicted molar refractivity (Wildman–Crippen MR) is 80.5 cm³/mol. The fraction of sp³-hybridized carbons (Fsp3) is 0.333. The van der Waals surface area contributed by atoms with E-state index in [0.717, 1.165) is 23.4 Å². The highest BCUT2D eigenvalue weighted by atomic mass is 16.1. The van der Waals surface area contributed by atoms with Gasteiger partial charge in [0.2, 0.25) is 5.91 Å². The van der Waals surface area contributed by atoms with Gasteiger partial charge in [-0.15, -0.1) is 6.58 Å². The largest absolute Gasteiger partial charge is 0.353 e. The Morgan fingerprint density at radius 1 is 1.45 bits per heavy atom. The summed E-state index contributed by atoms with van der Waals surface area (Å²) in [6, 6.07) is 8.02. The Hall–Kier alpha value is -2.14. The highest BCUT2D eigenvalue weighted by molar-refractivity contribution is 5.78. The number of hydrogen-bond acceptors (Lipinski definition) is 3. The lowest BCUT2D eigenvalue weighted by Crippen LogP contribution is -2.35. The van der Waals surface area contributed by atoms with Crippen LogP contribution in [0.1, 0.15) is 5.82 Å². The maximum Gasteiger partial charge on any atom is 0.234 e. The molecule has 5 nitrogen and oxygen atoms in total. The minimum atomic E-state index is -0.00563. The monoisotopic (exact) mass is 272 g/mol. The molecule has 0 saturated carbocycles. The molecule has 2 rings (SSSR count). The van der Waals surface area contributed by atoms with Gasteiger partial charge in [-0.3, -0.25) is 4.79 Å². The molecule has 106 valence electrons. The number of aromatic nitrogens is 2. The highest BCUT2D eigenvalue weighted by Gasteiger charge is 2.06. The Bertz CT molecular complexity index is 603. The van der Waals surface area contributed by atoms with E-state index >= 15 is 0 Å². The van der Waals surface area contributed by atoms with Crippen molar-refractivity contribution in [2.45, 2.75) is 13.5 Å². The third-order valence-electron chi connectivity index (χ3n) is 3.08. The minimum absolute atomic E-state index is 0.00563. The number of para-hydroxylation sites is 2. The molecule has 5 heteroatoms. The molecule has 0 fully saturated rings. The van der Waals surface area contributed by atoms with E-state index in [2.05, 4.69) is 26.8 Å². The number of fused-ring (bicyclic) bond motifs is 1. The zero-order valence-corrected chi connectivity index (χ0v) is 11.7. The molecule has 1 heterocycles. The first-order chi connectivity index (χ1) is 9.72. The van der Waals surface area contributed by atoms with Gasteiger partial charge in [0.25, 0.3) is 0 Å². The lowest BCUT2D eigenvalue weighted by molar-refractivity contribution is -0.120. The van der Waals surface area contributed by atoms with Gasteiger partial charge in [-0.2, -0.15) is 0 Å². The van der Waals surface area contributed by atoms with Gasteiger partial charge in [0.1, 0.15) is 5.82 Å². The quantitative estimate of drug-likeness (QED) is 0.589. The molecule has 0 aliphatic rings. The minimum Gasteiger partial charge on any atom is -0.353 e. The van der Waals surface area contributed by atoms with Crippen LogP contribution in [-0.2, 0) is 11.3 Å². The van der Waals surface area contributed by atoms with E-state index in [4.69, 9.17) is 0 Å². The molecule has 2 aromatic rings. The van der Waals surface area contributed by atoms with Gasteiger partial charge >= 0.3 is 0 Å². The summed E-state index contributed by atoms with van der Waals surface area (Å²) in [5.74, 6) is 0.958. The average Bonchev–Trinajstić information content (AvgIpc) is 2.75. The van der Waals surface area contributed by atoms with Crippen molar-refractivity contribution in [2.75, 3.05) is 19.6 Å². The van der Waals surface area contributed by atoms with E-state index in [1.54, 1.807) is 6.08 Å². The predicted octanol–water partition coefficient (Wildman–Crippen LogP) is 1.24. The highest BCUT2D eigenvalue weighted by Crippen LogP contribution is 2.14. The van der Waals surface area contributed by atoms with Gasteiger partial charge in [0, 0.05) is 19.6 Å². The lowest BCUT2D eigenvalue weighted by atomic mass is 10.3. The molecule has 1 amide bonds. The number of aryl methyl sites for hydroxylation is 1. The van der Waals surface area contributed by atoms with E-state index in [1.165, 1.54) is 0 Å². The second-order valence-electron chi connectivity index (χ2n) is 4.57. The standard InChI is InChI=1S/C15H20N4O/c1-3-8-16-11-15(20)17-9-10-19-12(2)18-13-6-4-5-7-14(13)19/h3-7,16H,1,8-11H2,2H3,(H,17,20). The van der Waals surface area contributed by atoms with Crippen molar-refractivity contribution in [1.29, 1.82) is 0 Å². The summed E-state index contributed by atoms with van der Waals surface area (Å²) in [4.78, 5) is 16.1. The maximum absolute atomic E-state index is 11.6. The van der Waals surface area contributed by atoms with Crippen LogP contribution in [0.4, 0.5) is 0 Å². The summed E-state index contributed by atoms with van der Waals surface area (Å²) in [6.07, 6.45) is 1.73. The second-order valence-corrected chi connectivity index (χ2v) is 4.57. The lowest BCUT2D eigenvalue weighted by Gasteiger charge is -2.08. The molecular formula is C15H20N4O. The number of benzene rings is 1. The Labute approximate surface area is 118 Å². The average molecular weight is 272 g/mol. The smallest absolute Gasteiger partial charge is 0.234 e. The fourth-order valence-corrected chi connectivity index (χ4v) is 2.14. The fourth-order valence-electron chi connectivity index (χ4n) is 2.14. The van der Waals surface area contributed by atoms with Crippen molar-refractivity contribution in [1.82, 2.24) is 20.2 Å². The van der Waals surface area contributed by atoms with E-state index < -0.39 is 0 Å². The summed E-state index contributed by atoms with van der Waals surface area (Å²) in [6.45, 7) is 7.83. The third-order valence-corrected chi connectivity index (χ3v) is 3.08. The zero-order chi connectivity index (χ0) is 14.4. The topological polar surface area (TPSA) is 59.0 Å². The number of amides is 1. The van der Waals surface area contributed by atoms with Crippen LogP contribution >= 0.6 is 0 Å². The number of nitrogens with one attached hydrogen (secondary N) is 2. The molecule has 20 heavy (non-hydrogen) atoms. The van der Waals surface area contributed by atoms with Crippen molar-refractivity contribution < 1.29 is 4.79 Å². The molecule has 0 aliphatic heterocycles. The van der Waals surface area contributed by atoms with E-state index in [0.29, 0.717) is 19.6 Å². The van der Waals surface area contributed by atoms with E-state index in [9.17, 15) is 4.79 Å². The van der Waals surface area contributed by atoms with Crippen LogP contribution in [0.15, 0.2) is 36.9 Å². The van der Waals surface area contributed by atoms with Gasteiger partial charge in [-0.25, -0.2) is 4.98 Å². The molecule has 0 aliphatic carbocycles. The summed E-state index contributed by atoms with van der Waals surface area (Å²) >= 11 is 0. The number of rotatable bonds is 7. The van der Waals surface area contributed by atoms with E-state index in [1.807, 2.05) is 31.2 Å². The van der Waals surface area contributed by atoms with Crippen molar-refractivity contribution in [2.24, 2.45) is 0 Å². The van der Waals surface area contributed by atoms with Gasteiger partial charge in [-0.1, -0.05) is 18.2 Å². The SMILES string of the molecule is C=CCNCC(=O)NCCn1c(C)nc2ccccc21. The summed E-state index contributed by atoms with van der Waals surface area (Å²) in [7, 11) is 0. The van der Waals surface area contributed by atoms with Crippen molar-refractivity contribution in [3.8, 4) is 0 Å². The van der Waals surface area contributed by atoms with Crippen LogP contribution < -0.4 is 10.6 Å². The molecule has 2 N–H and O–H groups in total. The van der Waals surface area contributed by atoms with Crippen LogP contribution in [0.25, 0.3) is 11.0 Å². The Morgan fingerprint density at radius 2 is 2.25 bits per heavy atom. The molecule has 0 radical (unpaired) electrons. The van der Waals surface area contributed by atoms with Crippen LogP contribution in [0.5, 0.6) is 0 Å². The molecule has 0 atom stereocenters. The number of imidazole rings is 1. The van der Waals surface area contributed by atoms with Crippen molar-refractivity contribution >= 4 is 16.9 Å². The van der Waals surface area contributed by atoms with Crippen LogP contribution in [0.2, 0.25) is 0 Å². The van der Waals surface area contributed by atoms with Crippen LogP contribution in [0.3, 0.4) is 0 Å². The summed E-state index contributed by atoms with van der Waals surface area (Å²) in [5, 5.41) is 5.86. The van der Waals surface area contributed by atoms with Gasteiger partial charge in [-0.05, 0) is 19.1 Å². The number of nitrogens with zero attached hydrogens (tertiary/aromatic N) is 2. The number of carbonyl (C=O) groups excluding carboxylic acids is 1. The zero-order valence-electron chi connectivity index (χ0n) is 11.7. The Balaban J connectivity index is 1.88. The number of hydrogen-bond donors (Lipinski definition) is 2. The van der Waals surface area contributed by atoms with Crippen LogP contribution in [-0.4, -0.2) is 35.1 Å². The van der Waals surface area contributed by atoms with Gasteiger partial charge in [0.15, 0.2) is 0 Å². The second kappa shape index (κ2) is 6.86. The summed E-state index contributed by atoms with van der Waals surface area (Å²) in [5.41, 5.74) is 2.09.